The summed E-state index contributed by atoms with van der Waals surface area (Å²) < 4.78 is 0.923. The van der Waals surface area contributed by atoms with Crippen LogP contribution in [-0.4, -0.2) is 9.97 Å². The van der Waals surface area contributed by atoms with Gasteiger partial charge in [-0.15, -0.1) is 11.3 Å². The van der Waals surface area contributed by atoms with Gasteiger partial charge in [-0.3, -0.25) is 0 Å². The number of benzene rings is 1. The van der Waals surface area contributed by atoms with E-state index in [9.17, 15) is 0 Å². The molecule has 0 aliphatic heterocycles. The molecule has 1 aromatic carbocycles. The summed E-state index contributed by atoms with van der Waals surface area (Å²) in [5.74, 6) is 0. The molecule has 0 saturated carbocycles. The Hall–Kier alpha value is -2.16. The number of thiazole rings is 1. The van der Waals surface area contributed by atoms with Gasteiger partial charge in [0.1, 0.15) is 16.8 Å². The minimum Gasteiger partial charge on any atom is -0.230 e. The first-order valence-electron chi connectivity index (χ1n) is 5.91. The van der Waals surface area contributed by atoms with Crippen LogP contribution in [0.15, 0.2) is 63.3 Å². The molecule has 5 heteroatoms. The van der Waals surface area contributed by atoms with Crippen molar-refractivity contribution < 1.29 is 0 Å². The smallest absolute Gasteiger partial charge is 0.156 e. The molecule has 0 saturated heterocycles. The number of hydrogen-bond donors (Lipinski definition) is 0. The van der Waals surface area contributed by atoms with Gasteiger partial charge in [0.25, 0.3) is 0 Å². The van der Waals surface area contributed by atoms with Crippen LogP contribution in [0, 0.1) is 11.3 Å². The van der Waals surface area contributed by atoms with Crippen molar-refractivity contribution in [1.29, 1.82) is 5.26 Å². The van der Waals surface area contributed by atoms with Gasteiger partial charge in [-0.25, -0.2) is 9.97 Å². The molecule has 0 N–H and O–H groups in total. The van der Waals surface area contributed by atoms with Crippen molar-refractivity contribution in [3.05, 3.63) is 59.6 Å². The molecule has 0 bridgehead atoms. The maximum absolute atomic E-state index is 8.85. The Kier molecular flexibility index (Phi) is 3.77. The van der Waals surface area contributed by atoms with Crippen molar-refractivity contribution >= 4 is 23.1 Å². The van der Waals surface area contributed by atoms with Crippen molar-refractivity contribution in [2.45, 2.75) is 9.37 Å². The van der Waals surface area contributed by atoms with E-state index in [1.807, 2.05) is 53.9 Å². The third kappa shape index (κ3) is 2.87. The quantitative estimate of drug-likeness (QED) is 0.725. The largest absolute Gasteiger partial charge is 0.230 e. The zero-order valence-corrected chi connectivity index (χ0v) is 12.0. The molecule has 0 spiro atoms. The summed E-state index contributed by atoms with van der Waals surface area (Å²) in [6, 6.07) is 17.5. The van der Waals surface area contributed by atoms with Crippen LogP contribution in [0.2, 0.25) is 0 Å². The Labute approximate surface area is 125 Å². The fourth-order valence-corrected chi connectivity index (χ4v) is 3.43. The minimum atomic E-state index is 0.426. The predicted octanol–water partition coefficient (Wildman–Crippen LogP) is 4.23. The molecular weight excluding hydrogens is 286 g/mol. The highest BCUT2D eigenvalue weighted by molar-refractivity contribution is 8.01. The average Bonchev–Trinajstić information content (AvgIpc) is 2.97. The lowest BCUT2D eigenvalue weighted by atomic mass is 10.2. The molecule has 2 heterocycles. The van der Waals surface area contributed by atoms with Gasteiger partial charge in [0.05, 0.1) is 5.69 Å². The van der Waals surface area contributed by atoms with E-state index in [4.69, 9.17) is 5.26 Å². The van der Waals surface area contributed by atoms with Gasteiger partial charge in [-0.1, -0.05) is 36.4 Å². The summed E-state index contributed by atoms with van der Waals surface area (Å²) in [7, 11) is 0. The van der Waals surface area contributed by atoms with Gasteiger partial charge in [0.2, 0.25) is 0 Å². The van der Waals surface area contributed by atoms with Crippen molar-refractivity contribution in [1.82, 2.24) is 9.97 Å². The van der Waals surface area contributed by atoms with E-state index in [1.54, 1.807) is 17.4 Å². The Balaban J connectivity index is 1.83. The van der Waals surface area contributed by atoms with E-state index in [0.29, 0.717) is 5.69 Å². The molecular formula is C15H9N3S2. The number of nitrogens with zero attached hydrogens (tertiary/aromatic N) is 3. The lowest BCUT2D eigenvalue weighted by Gasteiger charge is -1.97. The Bertz CT molecular complexity index is 760. The molecule has 3 rings (SSSR count). The third-order valence-corrected chi connectivity index (χ3v) is 4.46. The summed E-state index contributed by atoms with van der Waals surface area (Å²) >= 11 is 3.06. The molecule has 20 heavy (non-hydrogen) atoms. The lowest BCUT2D eigenvalue weighted by Crippen LogP contribution is -1.84. The Morgan fingerprint density at radius 1 is 1.00 bits per heavy atom. The second-order valence-corrected chi connectivity index (χ2v) is 6.07. The van der Waals surface area contributed by atoms with E-state index in [1.165, 1.54) is 11.8 Å². The number of rotatable bonds is 3. The topological polar surface area (TPSA) is 49.6 Å². The minimum absolute atomic E-state index is 0.426. The maximum Gasteiger partial charge on any atom is 0.156 e. The van der Waals surface area contributed by atoms with Gasteiger partial charge < -0.3 is 0 Å². The summed E-state index contributed by atoms with van der Waals surface area (Å²) in [6.45, 7) is 0. The standard InChI is InChI=1S/C15H9N3S2/c16-9-12-7-4-8-14(17-12)20-15-18-13(10-19-15)11-5-2-1-3-6-11/h1-8,10H. The summed E-state index contributed by atoms with van der Waals surface area (Å²) in [4.78, 5) is 8.83. The molecule has 0 amide bonds. The van der Waals surface area contributed by atoms with Crippen LogP contribution in [0.4, 0.5) is 0 Å². The number of aromatic nitrogens is 2. The average molecular weight is 295 g/mol. The van der Waals surface area contributed by atoms with Crippen LogP contribution in [0.25, 0.3) is 11.3 Å². The van der Waals surface area contributed by atoms with E-state index in [2.05, 4.69) is 9.97 Å². The molecule has 3 nitrogen and oxygen atoms in total. The molecule has 0 unspecified atom stereocenters. The second kappa shape index (κ2) is 5.87. The van der Waals surface area contributed by atoms with Crippen LogP contribution in [0.5, 0.6) is 0 Å². The fraction of sp³-hybridized carbons (Fsp3) is 0. The number of pyridine rings is 1. The van der Waals surface area contributed by atoms with Gasteiger partial charge >= 0.3 is 0 Å². The zero-order chi connectivity index (χ0) is 13.8. The molecule has 2 aromatic heterocycles. The monoisotopic (exact) mass is 295 g/mol. The molecule has 0 aliphatic rings. The van der Waals surface area contributed by atoms with E-state index < -0.39 is 0 Å². The lowest BCUT2D eigenvalue weighted by molar-refractivity contribution is 1.10. The van der Waals surface area contributed by atoms with E-state index in [0.717, 1.165) is 20.6 Å². The SMILES string of the molecule is N#Cc1cccc(Sc2nc(-c3ccccc3)cs2)n1. The highest BCUT2D eigenvalue weighted by atomic mass is 32.2. The second-order valence-electron chi connectivity index (χ2n) is 3.94. The molecule has 0 radical (unpaired) electrons. The van der Waals surface area contributed by atoms with Gasteiger partial charge in [0, 0.05) is 10.9 Å². The zero-order valence-electron chi connectivity index (χ0n) is 10.4. The normalized spacial score (nSPS) is 10.2. The summed E-state index contributed by atoms with van der Waals surface area (Å²) in [5, 5.41) is 11.7. The maximum atomic E-state index is 8.85. The van der Waals surface area contributed by atoms with Crippen molar-refractivity contribution in [3.8, 4) is 17.3 Å². The third-order valence-electron chi connectivity index (χ3n) is 2.58. The Morgan fingerprint density at radius 3 is 2.65 bits per heavy atom. The van der Waals surface area contributed by atoms with Crippen LogP contribution in [0.3, 0.4) is 0 Å². The highest BCUT2D eigenvalue weighted by Gasteiger charge is 2.07. The van der Waals surface area contributed by atoms with E-state index >= 15 is 0 Å². The molecule has 96 valence electrons. The number of hydrogen-bond acceptors (Lipinski definition) is 5. The van der Waals surface area contributed by atoms with Crippen LogP contribution in [0.1, 0.15) is 5.69 Å². The molecule has 0 atom stereocenters. The van der Waals surface area contributed by atoms with Crippen molar-refractivity contribution in [2.75, 3.05) is 0 Å². The first-order chi connectivity index (χ1) is 9.85. The van der Waals surface area contributed by atoms with Crippen molar-refractivity contribution in [3.63, 3.8) is 0 Å². The van der Waals surface area contributed by atoms with Gasteiger partial charge in [-0.05, 0) is 23.9 Å². The van der Waals surface area contributed by atoms with Crippen LogP contribution >= 0.6 is 23.1 Å². The fourth-order valence-electron chi connectivity index (χ4n) is 1.67. The first-order valence-corrected chi connectivity index (χ1v) is 7.61. The number of nitriles is 1. The van der Waals surface area contributed by atoms with Gasteiger partial charge in [0.15, 0.2) is 4.34 Å². The molecule has 0 fully saturated rings. The first kappa shape index (κ1) is 12.9. The molecule has 3 aromatic rings. The predicted molar refractivity (Wildman–Crippen MR) is 80.6 cm³/mol. The Morgan fingerprint density at radius 2 is 1.85 bits per heavy atom. The van der Waals surface area contributed by atoms with Crippen LogP contribution < -0.4 is 0 Å². The summed E-state index contributed by atoms with van der Waals surface area (Å²) in [6.07, 6.45) is 0. The molecule has 0 aliphatic carbocycles. The highest BCUT2D eigenvalue weighted by Crippen LogP contribution is 2.32. The summed E-state index contributed by atoms with van der Waals surface area (Å²) in [5.41, 5.74) is 2.50. The van der Waals surface area contributed by atoms with Gasteiger partial charge in [-0.2, -0.15) is 5.26 Å². The van der Waals surface area contributed by atoms with E-state index in [-0.39, 0.29) is 0 Å². The van der Waals surface area contributed by atoms with Crippen LogP contribution in [-0.2, 0) is 0 Å². The van der Waals surface area contributed by atoms with Crippen molar-refractivity contribution in [2.24, 2.45) is 0 Å².